The van der Waals surface area contributed by atoms with Crippen LogP contribution in [0.2, 0.25) is 0 Å². The molecule has 1 aliphatic rings. The second-order valence-corrected chi connectivity index (χ2v) is 7.46. The first-order valence-electron chi connectivity index (χ1n) is 6.34. The summed E-state index contributed by atoms with van der Waals surface area (Å²) in [5, 5.41) is 4.63. The fourth-order valence-corrected chi connectivity index (χ4v) is 4.62. The van der Waals surface area contributed by atoms with Crippen LogP contribution in [0, 0.1) is 5.92 Å². The fourth-order valence-electron chi connectivity index (χ4n) is 2.08. The summed E-state index contributed by atoms with van der Waals surface area (Å²) in [4.78, 5) is 11.8. The summed E-state index contributed by atoms with van der Waals surface area (Å²) >= 11 is 1.06. The second kappa shape index (κ2) is 6.21. The lowest BCUT2D eigenvalue weighted by Crippen LogP contribution is -2.50. The molecule has 0 radical (unpaired) electrons. The molecular formula is C12H18N2O4S2. The van der Waals surface area contributed by atoms with Crippen LogP contribution in [0.15, 0.2) is 16.3 Å². The quantitative estimate of drug-likeness (QED) is 0.803. The van der Waals surface area contributed by atoms with E-state index in [1.165, 1.54) is 18.6 Å². The Balaban J connectivity index is 2.13. The van der Waals surface area contributed by atoms with E-state index in [1.54, 1.807) is 0 Å². The predicted octanol–water partition coefficient (Wildman–Crippen LogP) is 0.811. The van der Waals surface area contributed by atoms with Crippen LogP contribution in [0.4, 0.5) is 0 Å². The highest BCUT2D eigenvalue weighted by atomic mass is 32.2. The van der Waals surface area contributed by atoms with E-state index in [-0.39, 0.29) is 21.7 Å². The third-order valence-corrected chi connectivity index (χ3v) is 5.94. The molecular weight excluding hydrogens is 300 g/mol. The van der Waals surface area contributed by atoms with Crippen LogP contribution in [-0.2, 0) is 14.8 Å². The van der Waals surface area contributed by atoms with Gasteiger partial charge in [-0.25, -0.2) is 17.9 Å². The summed E-state index contributed by atoms with van der Waals surface area (Å²) < 4.78 is 31.8. The van der Waals surface area contributed by atoms with Gasteiger partial charge in [-0.3, -0.25) is 0 Å². The molecule has 2 N–H and O–H groups in total. The number of ether oxygens (including phenoxy) is 1. The number of piperidine rings is 1. The number of hydrogen-bond donors (Lipinski definition) is 2. The van der Waals surface area contributed by atoms with Gasteiger partial charge in [0.2, 0.25) is 10.0 Å². The molecule has 2 heterocycles. The van der Waals surface area contributed by atoms with E-state index < -0.39 is 16.0 Å². The van der Waals surface area contributed by atoms with Crippen molar-refractivity contribution in [3.63, 3.8) is 0 Å². The molecule has 8 heteroatoms. The third-order valence-electron chi connectivity index (χ3n) is 3.41. The number of methoxy groups -OCH3 is 1. The average molecular weight is 318 g/mol. The molecule has 20 heavy (non-hydrogen) atoms. The molecule has 1 aromatic rings. The Hall–Kier alpha value is -0.960. The van der Waals surface area contributed by atoms with Gasteiger partial charge in [-0.15, -0.1) is 11.3 Å². The van der Waals surface area contributed by atoms with E-state index >= 15 is 0 Å². The summed E-state index contributed by atoms with van der Waals surface area (Å²) in [6.07, 6.45) is 0.935. The van der Waals surface area contributed by atoms with Gasteiger partial charge in [0.1, 0.15) is 4.88 Å². The van der Waals surface area contributed by atoms with Crippen molar-refractivity contribution < 1.29 is 17.9 Å². The summed E-state index contributed by atoms with van der Waals surface area (Å²) in [6, 6.07) is 1.22. The summed E-state index contributed by atoms with van der Waals surface area (Å²) in [5.41, 5.74) is 0. The standard InChI is InChI=1S/C12H18N2O4S2/c1-8-3-4-13-6-10(8)14-20(16,17)9-5-11(19-7-9)12(15)18-2/h5,7-8,10,13-14H,3-4,6H2,1-2H3. The molecule has 2 rings (SSSR count). The summed E-state index contributed by atoms with van der Waals surface area (Å²) in [6.45, 7) is 3.56. The lowest BCUT2D eigenvalue weighted by molar-refractivity contribution is 0.0606. The first-order chi connectivity index (χ1) is 9.44. The fraction of sp³-hybridized carbons (Fsp3) is 0.583. The lowest BCUT2D eigenvalue weighted by Gasteiger charge is -2.29. The summed E-state index contributed by atoms with van der Waals surface area (Å²) in [7, 11) is -2.33. The Morgan fingerprint density at radius 1 is 1.55 bits per heavy atom. The van der Waals surface area contributed by atoms with Crippen molar-refractivity contribution in [1.82, 2.24) is 10.0 Å². The molecule has 2 unspecified atom stereocenters. The van der Waals surface area contributed by atoms with Gasteiger partial charge in [0.25, 0.3) is 0 Å². The van der Waals surface area contributed by atoms with E-state index in [0.29, 0.717) is 6.54 Å². The average Bonchev–Trinajstić information content (AvgIpc) is 2.91. The molecule has 112 valence electrons. The maximum atomic E-state index is 12.3. The number of carbonyl (C=O) groups is 1. The minimum absolute atomic E-state index is 0.112. The van der Waals surface area contributed by atoms with Crippen molar-refractivity contribution in [3.8, 4) is 0 Å². The van der Waals surface area contributed by atoms with Crippen LogP contribution >= 0.6 is 11.3 Å². The topological polar surface area (TPSA) is 84.5 Å². The number of carbonyl (C=O) groups excluding carboxylic acids is 1. The molecule has 0 amide bonds. The van der Waals surface area contributed by atoms with Crippen molar-refractivity contribution in [2.24, 2.45) is 5.92 Å². The van der Waals surface area contributed by atoms with Crippen LogP contribution < -0.4 is 10.0 Å². The smallest absolute Gasteiger partial charge is 0.348 e. The molecule has 1 fully saturated rings. The molecule has 1 aliphatic heterocycles. The van der Waals surface area contributed by atoms with Crippen molar-refractivity contribution in [2.75, 3.05) is 20.2 Å². The first kappa shape index (κ1) is 15.4. The summed E-state index contributed by atoms with van der Waals surface area (Å²) in [5.74, 6) is -0.242. The monoisotopic (exact) mass is 318 g/mol. The highest BCUT2D eigenvalue weighted by Gasteiger charge is 2.27. The van der Waals surface area contributed by atoms with Gasteiger partial charge in [0.15, 0.2) is 0 Å². The van der Waals surface area contributed by atoms with Crippen LogP contribution in [-0.4, -0.2) is 40.6 Å². The van der Waals surface area contributed by atoms with E-state index in [9.17, 15) is 13.2 Å². The van der Waals surface area contributed by atoms with E-state index in [1.807, 2.05) is 6.92 Å². The third kappa shape index (κ3) is 3.38. The number of esters is 1. The maximum Gasteiger partial charge on any atom is 0.348 e. The Kier molecular flexibility index (Phi) is 4.79. The van der Waals surface area contributed by atoms with Gasteiger partial charge < -0.3 is 10.1 Å². The van der Waals surface area contributed by atoms with Crippen molar-refractivity contribution in [1.29, 1.82) is 0 Å². The van der Waals surface area contributed by atoms with Crippen molar-refractivity contribution in [2.45, 2.75) is 24.3 Å². The zero-order chi connectivity index (χ0) is 14.8. The minimum atomic E-state index is -3.60. The number of nitrogens with one attached hydrogen (secondary N) is 2. The molecule has 2 atom stereocenters. The number of hydrogen-bond acceptors (Lipinski definition) is 6. The van der Waals surface area contributed by atoms with Gasteiger partial charge in [-0.05, 0) is 24.9 Å². The number of rotatable bonds is 4. The first-order valence-corrected chi connectivity index (χ1v) is 8.70. The Bertz CT molecular complexity index is 582. The highest BCUT2D eigenvalue weighted by molar-refractivity contribution is 7.89. The molecule has 6 nitrogen and oxygen atoms in total. The SMILES string of the molecule is COC(=O)c1cc(S(=O)(=O)NC2CNCCC2C)cs1. The number of sulfonamides is 1. The number of thiophene rings is 1. The Morgan fingerprint density at radius 3 is 2.95 bits per heavy atom. The molecule has 0 aromatic carbocycles. The molecule has 0 aliphatic carbocycles. The minimum Gasteiger partial charge on any atom is -0.465 e. The van der Waals surface area contributed by atoms with Crippen molar-refractivity contribution in [3.05, 3.63) is 16.3 Å². The van der Waals surface area contributed by atoms with Gasteiger partial charge in [-0.1, -0.05) is 6.92 Å². The molecule has 0 bridgehead atoms. The van der Waals surface area contributed by atoms with Gasteiger partial charge in [0.05, 0.1) is 12.0 Å². The predicted molar refractivity (Wildman–Crippen MR) is 76.4 cm³/mol. The van der Waals surface area contributed by atoms with Crippen LogP contribution in [0.5, 0.6) is 0 Å². The van der Waals surface area contributed by atoms with E-state index in [0.717, 1.165) is 24.3 Å². The highest BCUT2D eigenvalue weighted by Crippen LogP contribution is 2.21. The van der Waals surface area contributed by atoms with Crippen LogP contribution in [0.1, 0.15) is 23.0 Å². The largest absolute Gasteiger partial charge is 0.465 e. The van der Waals surface area contributed by atoms with Gasteiger partial charge in [0, 0.05) is 18.0 Å². The molecule has 0 saturated carbocycles. The van der Waals surface area contributed by atoms with Crippen LogP contribution in [0.25, 0.3) is 0 Å². The van der Waals surface area contributed by atoms with E-state index in [4.69, 9.17) is 0 Å². The normalized spacial score (nSPS) is 23.5. The van der Waals surface area contributed by atoms with E-state index in [2.05, 4.69) is 14.8 Å². The maximum absolute atomic E-state index is 12.3. The van der Waals surface area contributed by atoms with Gasteiger partial charge >= 0.3 is 5.97 Å². The molecule has 0 spiro atoms. The van der Waals surface area contributed by atoms with Crippen molar-refractivity contribution >= 4 is 27.3 Å². The van der Waals surface area contributed by atoms with Gasteiger partial charge in [-0.2, -0.15) is 0 Å². The molecule has 1 saturated heterocycles. The van der Waals surface area contributed by atoms with Crippen LogP contribution in [0.3, 0.4) is 0 Å². The Morgan fingerprint density at radius 2 is 2.30 bits per heavy atom. The Labute approximate surface area is 122 Å². The lowest BCUT2D eigenvalue weighted by atomic mass is 9.96. The zero-order valence-electron chi connectivity index (χ0n) is 11.4. The second-order valence-electron chi connectivity index (χ2n) is 4.84. The zero-order valence-corrected chi connectivity index (χ0v) is 13.0. The molecule has 1 aromatic heterocycles.